The first-order chi connectivity index (χ1) is 18.6. The predicted molar refractivity (Wildman–Crippen MR) is 149 cm³/mol. The van der Waals surface area contributed by atoms with Crippen LogP contribution in [0.1, 0.15) is 33.4 Å². The van der Waals surface area contributed by atoms with Gasteiger partial charge in [0, 0.05) is 13.1 Å². The van der Waals surface area contributed by atoms with Crippen LogP contribution in [0.5, 0.6) is 0 Å². The maximum absolute atomic E-state index is 14.2. The van der Waals surface area contributed by atoms with E-state index in [-0.39, 0.29) is 31.3 Å². The topological polar surface area (TPSA) is 64.0 Å². The smallest absolute Gasteiger partial charge is 0.321 e. The van der Waals surface area contributed by atoms with E-state index in [1.165, 1.54) is 11.1 Å². The summed E-state index contributed by atoms with van der Waals surface area (Å²) in [6, 6.07) is 36.3. The Kier molecular flexibility index (Phi) is 8.17. The maximum Gasteiger partial charge on any atom is 0.321 e. The summed E-state index contributed by atoms with van der Waals surface area (Å²) < 4.78 is 0. The summed E-state index contributed by atoms with van der Waals surface area (Å²) in [5.41, 5.74) is 6.08. The van der Waals surface area contributed by atoms with Crippen LogP contribution in [0.25, 0.3) is 0 Å². The van der Waals surface area contributed by atoms with Gasteiger partial charge < -0.3 is 20.0 Å². The van der Waals surface area contributed by atoms with Gasteiger partial charge in [0.1, 0.15) is 0 Å². The molecule has 1 aliphatic heterocycles. The molecule has 2 atom stereocenters. The van der Waals surface area contributed by atoms with Crippen molar-refractivity contribution in [2.45, 2.75) is 51.2 Å². The molecule has 0 radical (unpaired) electrons. The molecule has 0 saturated carbocycles. The lowest BCUT2D eigenvalue weighted by molar-refractivity contribution is 0.180. The fraction of sp³-hybridized carbons (Fsp3) is 0.242. The molecule has 194 valence electrons. The van der Waals surface area contributed by atoms with Crippen molar-refractivity contribution >= 4 is 6.03 Å². The zero-order valence-corrected chi connectivity index (χ0v) is 21.5. The monoisotopic (exact) mass is 506 g/mol. The van der Waals surface area contributed by atoms with Gasteiger partial charge in [-0.15, -0.1) is 0 Å². The SMILES string of the molecule is O=C1N(Cc2cccc(CO)c2)[C@H](Cc2ccccc2)[C@@H](Cc2ccccc2)N1Cc1cccc(CO)c1. The molecule has 0 aliphatic carbocycles. The third-order valence-electron chi connectivity index (χ3n) is 7.37. The van der Waals surface area contributed by atoms with Gasteiger partial charge in [0.25, 0.3) is 0 Å². The van der Waals surface area contributed by atoms with E-state index in [9.17, 15) is 15.0 Å². The minimum Gasteiger partial charge on any atom is -0.392 e. The number of amides is 2. The summed E-state index contributed by atoms with van der Waals surface area (Å²) in [7, 11) is 0. The number of carbonyl (C=O) groups excluding carboxylic acids is 1. The van der Waals surface area contributed by atoms with Crippen LogP contribution in [0.4, 0.5) is 4.79 Å². The first-order valence-electron chi connectivity index (χ1n) is 13.2. The summed E-state index contributed by atoms with van der Waals surface area (Å²) in [6.07, 6.45) is 1.49. The molecule has 1 saturated heterocycles. The molecule has 0 spiro atoms. The van der Waals surface area contributed by atoms with Crippen LogP contribution in [0, 0.1) is 0 Å². The normalized spacial score (nSPS) is 17.3. The Hall–Kier alpha value is -3.93. The molecule has 2 N–H and O–H groups in total. The maximum atomic E-state index is 14.2. The summed E-state index contributed by atoms with van der Waals surface area (Å²) in [5.74, 6) is 0. The number of nitrogens with zero attached hydrogens (tertiary/aromatic N) is 2. The zero-order valence-electron chi connectivity index (χ0n) is 21.5. The number of rotatable bonds is 10. The Balaban J connectivity index is 1.53. The average Bonchev–Trinajstić information content (AvgIpc) is 3.19. The third kappa shape index (κ3) is 5.96. The number of hydrogen-bond donors (Lipinski definition) is 2. The second-order valence-corrected chi connectivity index (χ2v) is 10.0. The predicted octanol–water partition coefficient (Wildman–Crippen LogP) is 5.33. The number of urea groups is 1. The second kappa shape index (κ2) is 12.1. The minimum atomic E-state index is -0.0380. The summed E-state index contributed by atoms with van der Waals surface area (Å²) in [4.78, 5) is 18.2. The van der Waals surface area contributed by atoms with E-state index < -0.39 is 0 Å². The van der Waals surface area contributed by atoms with Crippen LogP contribution in [-0.4, -0.2) is 38.1 Å². The van der Waals surface area contributed by atoms with Gasteiger partial charge in [-0.3, -0.25) is 0 Å². The molecule has 1 aliphatic rings. The lowest BCUT2D eigenvalue weighted by Crippen LogP contribution is -2.40. The zero-order chi connectivity index (χ0) is 26.3. The van der Waals surface area contributed by atoms with E-state index in [1.54, 1.807) is 0 Å². The van der Waals surface area contributed by atoms with Gasteiger partial charge in [0.15, 0.2) is 0 Å². The molecule has 0 unspecified atom stereocenters. The molecule has 1 heterocycles. The van der Waals surface area contributed by atoms with Crippen molar-refractivity contribution in [2.75, 3.05) is 0 Å². The molecule has 1 fully saturated rings. The van der Waals surface area contributed by atoms with Gasteiger partial charge in [-0.2, -0.15) is 0 Å². The summed E-state index contributed by atoms with van der Waals surface area (Å²) >= 11 is 0. The first-order valence-corrected chi connectivity index (χ1v) is 13.2. The van der Waals surface area contributed by atoms with Crippen molar-refractivity contribution in [2.24, 2.45) is 0 Å². The van der Waals surface area contributed by atoms with Gasteiger partial charge >= 0.3 is 6.03 Å². The van der Waals surface area contributed by atoms with Crippen molar-refractivity contribution in [3.05, 3.63) is 143 Å². The van der Waals surface area contributed by atoms with Crippen LogP contribution < -0.4 is 0 Å². The Morgan fingerprint density at radius 2 is 0.868 bits per heavy atom. The summed E-state index contributed by atoms with van der Waals surface area (Å²) in [6.45, 7) is 0.893. The Morgan fingerprint density at radius 3 is 1.26 bits per heavy atom. The van der Waals surface area contributed by atoms with Crippen LogP contribution in [0.15, 0.2) is 109 Å². The molecule has 4 aromatic rings. The van der Waals surface area contributed by atoms with E-state index in [0.29, 0.717) is 13.1 Å². The molecule has 38 heavy (non-hydrogen) atoms. The highest BCUT2D eigenvalue weighted by atomic mass is 16.3. The highest BCUT2D eigenvalue weighted by molar-refractivity contribution is 5.78. The number of benzene rings is 4. The molecule has 0 bridgehead atoms. The minimum absolute atomic E-state index is 0.00988. The molecular formula is C33H34N2O3. The first kappa shape index (κ1) is 25.7. The fourth-order valence-electron chi connectivity index (χ4n) is 5.48. The van der Waals surface area contributed by atoms with Gasteiger partial charge in [-0.05, 0) is 46.2 Å². The van der Waals surface area contributed by atoms with Crippen molar-refractivity contribution < 1.29 is 15.0 Å². The Labute approximate surface area is 224 Å². The van der Waals surface area contributed by atoms with Crippen molar-refractivity contribution in [3.8, 4) is 0 Å². The van der Waals surface area contributed by atoms with Crippen LogP contribution >= 0.6 is 0 Å². The number of aliphatic hydroxyl groups excluding tert-OH is 2. The standard InChI is InChI=1S/C33H34N2O3/c36-23-29-15-7-13-27(17-29)21-34-31(19-25-9-3-1-4-10-25)32(20-26-11-5-2-6-12-26)35(33(34)38)22-28-14-8-16-30(18-28)24-37/h1-18,31-32,36-37H,19-24H2/t31-,32-/m1/s1. The van der Waals surface area contributed by atoms with Gasteiger partial charge in [-0.1, -0.05) is 109 Å². The Bertz CT molecular complexity index is 1240. The quantitative estimate of drug-likeness (QED) is 0.306. The van der Waals surface area contributed by atoms with Gasteiger partial charge in [-0.25, -0.2) is 4.79 Å². The largest absolute Gasteiger partial charge is 0.392 e. The van der Waals surface area contributed by atoms with Crippen LogP contribution in [0.3, 0.4) is 0 Å². The van der Waals surface area contributed by atoms with Crippen LogP contribution in [-0.2, 0) is 39.1 Å². The van der Waals surface area contributed by atoms with Crippen molar-refractivity contribution in [1.29, 1.82) is 0 Å². The van der Waals surface area contributed by atoms with E-state index >= 15 is 0 Å². The molecule has 4 aromatic carbocycles. The van der Waals surface area contributed by atoms with E-state index in [2.05, 4.69) is 24.3 Å². The van der Waals surface area contributed by atoms with Crippen molar-refractivity contribution in [3.63, 3.8) is 0 Å². The molecule has 0 aromatic heterocycles. The molecular weight excluding hydrogens is 472 g/mol. The molecule has 5 rings (SSSR count). The molecule has 5 nitrogen and oxygen atoms in total. The second-order valence-electron chi connectivity index (χ2n) is 10.0. The third-order valence-corrected chi connectivity index (χ3v) is 7.37. The van der Waals surface area contributed by atoms with Crippen LogP contribution in [0.2, 0.25) is 0 Å². The van der Waals surface area contributed by atoms with E-state index in [4.69, 9.17) is 0 Å². The number of hydrogen-bond acceptors (Lipinski definition) is 3. The number of aliphatic hydroxyl groups is 2. The van der Waals surface area contributed by atoms with Gasteiger partial charge in [0.2, 0.25) is 0 Å². The van der Waals surface area contributed by atoms with Gasteiger partial charge in [0.05, 0.1) is 25.3 Å². The average molecular weight is 507 g/mol. The highest BCUT2D eigenvalue weighted by Crippen LogP contribution is 2.32. The molecule has 2 amide bonds. The van der Waals surface area contributed by atoms with E-state index in [1.807, 2.05) is 94.7 Å². The summed E-state index contributed by atoms with van der Waals surface area (Å²) in [5, 5.41) is 19.3. The number of carbonyl (C=O) groups is 1. The lowest BCUT2D eigenvalue weighted by Gasteiger charge is -2.29. The fourth-order valence-corrected chi connectivity index (χ4v) is 5.48. The van der Waals surface area contributed by atoms with Crippen molar-refractivity contribution in [1.82, 2.24) is 9.80 Å². The molecule has 5 heteroatoms. The highest BCUT2D eigenvalue weighted by Gasteiger charge is 2.45. The Morgan fingerprint density at radius 1 is 0.500 bits per heavy atom. The lowest BCUT2D eigenvalue weighted by atomic mass is 9.93. The van der Waals surface area contributed by atoms with E-state index in [0.717, 1.165) is 35.1 Å².